The van der Waals surface area contributed by atoms with E-state index in [0.29, 0.717) is 11.4 Å². The van der Waals surface area contributed by atoms with Crippen LogP contribution < -0.4 is 5.32 Å². The highest BCUT2D eigenvalue weighted by Gasteiger charge is 2.17. The predicted molar refractivity (Wildman–Crippen MR) is 113 cm³/mol. The minimum absolute atomic E-state index is 0.00496. The number of aliphatic hydroxyl groups excluding tert-OH is 1. The van der Waals surface area contributed by atoms with Crippen LogP contribution in [0.4, 0.5) is 0 Å². The van der Waals surface area contributed by atoms with E-state index in [9.17, 15) is 9.90 Å². The number of rotatable bonds is 5. The number of aromatic nitrogens is 4. The van der Waals surface area contributed by atoms with Crippen molar-refractivity contribution in [1.82, 2.24) is 25.5 Å². The summed E-state index contributed by atoms with van der Waals surface area (Å²) in [7, 11) is 0. The summed E-state index contributed by atoms with van der Waals surface area (Å²) in [4.78, 5) is 20.7. The molecule has 29 heavy (non-hydrogen) atoms. The van der Waals surface area contributed by atoms with E-state index in [1.165, 1.54) is 11.3 Å². The van der Waals surface area contributed by atoms with E-state index < -0.39 is 0 Å². The number of benzene rings is 1. The maximum Gasteiger partial charge on any atom is 0.261 e. The number of hydrogen-bond donors (Lipinski definition) is 4. The van der Waals surface area contributed by atoms with Crippen LogP contribution >= 0.6 is 11.3 Å². The molecule has 1 amide bonds. The Morgan fingerprint density at radius 1 is 1.14 bits per heavy atom. The molecule has 0 aliphatic rings. The summed E-state index contributed by atoms with van der Waals surface area (Å²) < 4.78 is 0.918. The van der Waals surface area contributed by atoms with Crippen LogP contribution in [-0.4, -0.2) is 31.2 Å². The van der Waals surface area contributed by atoms with E-state index in [-0.39, 0.29) is 12.5 Å². The normalized spacial score (nSPS) is 11.3. The van der Waals surface area contributed by atoms with Gasteiger partial charge in [-0.15, -0.1) is 11.3 Å². The van der Waals surface area contributed by atoms with Gasteiger partial charge < -0.3 is 15.4 Å². The Morgan fingerprint density at radius 3 is 2.90 bits per heavy atom. The Balaban J connectivity index is 1.43. The van der Waals surface area contributed by atoms with Crippen molar-refractivity contribution in [2.45, 2.75) is 13.2 Å². The second kappa shape index (κ2) is 7.16. The summed E-state index contributed by atoms with van der Waals surface area (Å²) in [5, 5.41) is 20.7. The Kier molecular flexibility index (Phi) is 4.34. The molecule has 0 unspecified atom stereocenters. The van der Waals surface area contributed by atoms with Crippen LogP contribution in [0, 0.1) is 0 Å². The molecule has 144 valence electrons. The molecule has 4 N–H and O–H groups in total. The van der Waals surface area contributed by atoms with Gasteiger partial charge in [-0.05, 0) is 42.0 Å². The molecule has 0 atom stereocenters. The fraction of sp³-hybridized carbons (Fsp3) is 0.0952. The lowest BCUT2D eigenvalue weighted by molar-refractivity contribution is 0.0954. The zero-order chi connectivity index (χ0) is 19.8. The first kappa shape index (κ1) is 17.6. The minimum atomic E-state index is -0.138. The molecule has 0 spiro atoms. The van der Waals surface area contributed by atoms with Gasteiger partial charge in [0.15, 0.2) is 0 Å². The van der Waals surface area contributed by atoms with E-state index in [0.717, 1.165) is 43.8 Å². The first-order valence-corrected chi connectivity index (χ1v) is 9.92. The van der Waals surface area contributed by atoms with Gasteiger partial charge in [-0.2, -0.15) is 5.10 Å². The number of thiophene rings is 1. The number of amides is 1. The van der Waals surface area contributed by atoms with E-state index in [4.69, 9.17) is 0 Å². The average molecular weight is 403 g/mol. The second-order valence-electron chi connectivity index (χ2n) is 6.69. The summed E-state index contributed by atoms with van der Waals surface area (Å²) in [6.07, 6.45) is 1.71. The molecule has 4 heterocycles. The average Bonchev–Trinajstić information content (AvgIpc) is 3.45. The van der Waals surface area contributed by atoms with E-state index >= 15 is 0 Å². The lowest BCUT2D eigenvalue weighted by Crippen LogP contribution is -2.22. The number of aromatic amines is 2. The number of aliphatic hydroxyl groups is 1. The SMILES string of the molecule is O=C(NCc1ccccn1)c1cc2[nH]nc(-c3cc4cc(CO)ccc4[nH]3)c2s1. The van der Waals surface area contributed by atoms with Crippen LogP contribution in [-0.2, 0) is 13.2 Å². The highest BCUT2D eigenvalue weighted by Crippen LogP contribution is 2.34. The minimum Gasteiger partial charge on any atom is -0.392 e. The Bertz CT molecular complexity index is 1320. The molecule has 7 nitrogen and oxygen atoms in total. The molecular weight excluding hydrogens is 386 g/mol. The molecular formula is C21H17N5O2S. The molecule has 0 saturated heterocycles. The first-order valence-electron chi connectivity index (χ1n) is 9.10. The number of nitrogens with one attached hydrogen (secondary N) is 3. The zero-order valence-electron chi connectivity index (χ0n) is 15.3. The number of hydrogen-bond acceptors (Lipinski definition) is 5. The van der Waals surface area contributed by atoms with Gasteiger partial charge >= 0.3 is 0 Å². The van der Waals surface area contributed by atoms with Gasteiger partial charge in [0.1, 0.15) is 5.69 Å². The maximum atomic E-state index is 12.6. The van der Waals surface area contributed by atoms with Crippen molar-refractivity contribution in [2.75, 3.05) is 0 Å². The van der Waals surface area contributed by atoms with Crippen molar-refractivity contribution in [2.24, 2.45) is 0 Å². The first-order chi connectivity index (χ1) is 14.2. The molecule has 5 aromatic rings. The Morgan fingerprint density at radius 2 is 2.07 bits per heavy atom. The standard InChI is InChI=1S/C21H17N5O2S/c27-11-12-4-5-15-13(7-12)8-16(24-15)19-20-17(25-26-19)9-18(29-20)21(28)23-10-14-3-1-2-6-22-14/h1-9,24,27H,10-11H2,(H,23,28)(H,25,26). The van der Waals surface area contributed by atoms with E-state index in [2.05, 4.69) is 25.5 Å². The smallest absolute Gasteiger partial charge is 0.261 e. The van der Waals surface area contributed by atoms with E-state index in [1.54, 1.807) is 6.20 Å². The van der Waals surface area contributed by atoms with Crippen LogP contribution in [0.3, 0.4) is 0 Å². The van der Waals surface area contributed by atoms with Gasteiger partial charge in [0, 0.05) is 17.1 Å². The summed E-state index contributed by atoms with van der Waals surface area (Å²) in [5.74, 6) is -0.138. The third kappa shape index (κ3) is 3.28. The number of carbonyl (C=O) groups is 1. The van der Waals surface area contributed by atoms with Gasteiger partial charge in [-0.25, -0.2) is 0 Å². The van der Waals surface area contributed by atoms with Crippen molar-refractivity contribution in [3.05, 3.63) is 70.9 Å². The number of pyridine rings is 1. The Labute approximate surface area is 169 Å². The highest BCUT2D eigenvalue weighted by molar-refractivity contribution is 7.21. The zero-order valence-corrected chi connectivity index (χ0v) is 16.1. The van der Waals surface area contributed by atoms with Crippen LogP contribution in [0.5, 0.6) is 0 Å². The van der Waals surface area contributed by atoms with Gasteiger partial charge in [0.2, 0.25) is 0 Å². The lowest BCUT2D eigenvalue weighted by Gasteiger charge is -2.02. The molecule has 0 aliphatic carbocycles. The van der Waals surface area contributed by atoms with Crippen LogP contribution in [0.1, 0.15) is 20.9 Å². The predicted octanol–water partition coefficient (Wildman–Crippen LogP) is 3.59. The fourth-order valence-corrected chi connectivity index (χ4v) is 4.31. The number of H-pyrrole nitrogens is 2. The molecule has 4 aromatic heterocycles. The molecule has 1 aromatic carbocycles. The van der Waals surface area contributed by atoms with Crippen molar-refractivity contribution in [1.29, 1.82) is 0 Å². The number of nitrogens with zero attached hydrogens (tertiary/aromatic N) is 2. The van der Waals surface area contributed by atoms with Crippen LogP contribution in [0.25, 0.3) is 32.5 Å². The van der Waals surface area contributed by atoms with Crippen LogP contribution in [0.15, 0.2) is 54.7 Å². The third-order valence-corrected chi connectivity index (χ3v) is 5.88. The second-order valence-corrected chi connectivity index (χ2v) is 7.74. The lowest BCUT2D eigenvalue weighted by atomic mass is 10.1. The number of carbonyl (C=O) groups excluding carboxylic acids is 1. The molecule has 8 heteroatoms. The van der Waals surface area contributed by atoms with Crippen molar-refractivity contribution >= 4 is 38.4 Å². The van der Waals surface area contributed by atoms with Crippen LogP contribution in [0.2, 0.25) is 0 Å². The molecule has 0 radical (unpaired) electrons. The van der Waals surface area contributed by atoms with Gasteiger partial charge in [0.25, 0.3) is 5.91 Å². The largest absolute Gasteiger partial charge is 0.392 e. The third-order valence-electron chi connectivity index (χ3n) is 4.74. The van der Waals surface area contributed by atoms with Crippen molar-refractivity contribution < 1.29 is 9.90 Å². The molecule has 0 saturated carbocycles. The van der Waals surface area contributed by atoms with E-state index in [1.807, 2.05) is 48.5 Å². The van der Waals surface area contributed by atoms with Gasteiger partial charge in [0.05, 0.1) is 39.6 Å². The highest BCUT2D eigenvalue weighted by atomic mass is 32.1. The quantitative estimate of drug-likeness (QED) is 0.360. The van der Waals surface area contributed by atoms with Crippen molar-refractivity contribution in [3.8, 4) is 11.4 Å². The van der Waals surface area contributed by atoms with Gasteiger partial charge in [-0.3, -0.25) is 14.9 Å². The monoisotopic (exact) mass is 403 g/mol. The molecule has 0 aliphatic heterocycles. The summed E-state index contributed by atoms with van der Waals surface area (Å²) in [6.45, 7) is 0.386. The topological polar surface area (TPSA) is 107 Å². The summed E-state index contributed by atoms with van der Waals surface area (Å²) in [5.41, 5.74) is 5.10. The Hall–Kier alpha value is -3.49. The van der Waals surface area contributed by atoms with Gasteiger partial charge in [-0.1, -0.05) is 12.1 Å². The van der Waals surface area contributed by atoms with Crippen molar-refractivity contribution in [3.63, 3.8) is 0 Å². The molecule has 0 fully saturated rings. The fourth-order valence-electron chi connectivity index (χ4n) is 3.28. The molecule has 5 rings (SSSR count). The maximum absolute atomic E-state index is 12.6. The summed E-state index contributed by atoms with van der Waals surface area (Å²) >= 11 is 1.40. The molecule has 0 bridgehead atoms. The number of fused-ring (bicyclic) bond motifs is 2. The summed E-state index contributed by atoms with van der Waals surface area (Å²) in [6, 6.07) is 15.2.